The molecule has 0 radical (unpaired) electrons. The van der Waals surface area contributed by atoms with E-state index in [4.69, 9.17) is 4.74 Å². The van der Waals surface area contributed by atoms with Crippen molar-refractivity contribution in [3.8, 4) is 0 Å². The Hall–Kier alpha value is -1.89. The highest BCUT2D eigenvalue weighted by atomic mass is 16.5. The molecule has 1 saturated carbocycles. The molecular formula is C17H24N4O3. The van der Waals surface area contributed by atoms with Crippen LogP contribution in [0.2, 0.25) is 0 Å². The average molecular weight is 332 g/mol. The van der Waals surface area contributed by atoms with Gasteiger partial charge in [0.1, 0.15) is 5.69 Å². The Kier molecular flexibility index (Phi) is 4.26. The van der Waals surface area contributed by atoms with Crippen molar-refractivity contribution in [2.75, 3.05) is 32.8 Å². The van der Waals surface area contributed by atoms with Crippen LogP contribution in [-0.2, 0) is 22.5 Å². The predicted octanol–water partition coefficient (Wildman–Crippen LogP) is 0.444. The third-order valence-corrected chi connectivity index (χ3v) is 5.23. The van der Waals surface area contributed by atoms with Crippen molar-refractivity contribution in [2.45, 2.75) is 32.2 Å². The smallest absolute Gasteiger partial charge is 0.274 e. The summed E-state index contributed by atoms with van der Waals surface area (Å²) in [4.78, 5) is 31.1. The number of aromatic nitrogens is 2. The molecule has 0 bridgehead atoms. The van der Waals surface area contributed by atoms with Gasteiger partial charge in [-0.1, -0.05) is 0 Å². The molecule has 1 saturated heterocycles. The first-order valence-corrected chi connectivity index (χ1v) is 8.91. The van der Waals surface area contributed by atoms with E-state index in [2.05, 4.69) is 10.3 Å². The monoisotopic (exact) mass is 332 g/mol. The Morgan fingerprint density at radius 2 is 2.04 bits per heavy atom. The second-order valence-corrected chi connectivity index (χ2v) is 7.02. The summed E-state index contributed by atoms with van der Waals surface area (Å²) in [6.45, 7) is 3.85. The lowest BCUT2D eigenvalue weighted by molar-refractivity contribution is -0.126. The molecule has 1 N–H and O–H groups in total. The number of fused-ring (bicyclic) bond motifs is 1. The van der Waals surface area contributed by atoms with E-state index < -0.39 is 0 Å². The van der Waals surface area contributed by atoms with Crippen molar-refractivity contribution in [1.82, 2.24) is 19.8 Å². The van der Waals surface area contributed by atoms with Gasteiger partial charge in [-0.25, -0.2) is 4.98 Å². The van der Waals surface area contributed by atoms with Gasteiger partial charge in [0.25, 0.3) is 5.91 Å². The van der Waals surface area contributed by atoms with Crippen molar-refractivity contribution >= 4 is 11.8 Å². The van der Waals surface area contributed by atoms with E-state index in [0.29, 0.717) is 44.5 Å². The zero-order valence-corrected chi connectivity index (χ0v) is 13.9. The SMILES string of the molecule is O=C(NCC1CC1)C1CCc2c(C(=O)N3CCOCC3)ncn2C1. The van der Waals surface area contributed by atoms with E-state index in [1.54, 1.807) is 11.2 Å². The molecule has 1 unspecified atom stereocenters. The van der Waals surface area contributed by atoms with Crippen LogP contribution < -0.4 is 5.32 Å². The Labute approximate surface area is 141 Å². The van der Waals surface area contributed by atoms with E-state index in [1.807, 2.05) is 4.57 Å². The molecule has 1 aromatic heterocycles. The summed E-state index contributed by atoms with van der Waals surface area (Å²) in [5, 5.41) is 3.06. The first-order valence-electron chi connectivity index (χ1n) is 8.91. The first-order chi connectivity index (χ1) is 11.7. The lowest BCUT2D eigenvalue weighted by Gasteiger charge is -2.27. The van der Waals surface area contributed by atoms with E-state index >= 15 is 0 Å². The molecule has 130 valence electrons. The molecule has 7 heteroatoms. The molecule has 3 aliphatic rings. The number of hydrogen-bond donors (Lipinski definition) is 1. The molecular weight excluding hydrogens is 308 g/mol. The maximum absolute atomic E-state index is 12.6. The minimum absolute atomic E-state index is 0.0105. The summed E-state index contributed by atoms with van der Waals surface area (Å²) in [6, 6.07) is 0. The average Bonchev–Trinajstić information content (AvgIpc) is 3.37. The summed E-state index contributed by atoms with van der Waals surface area (Å²) in [5.74, 6) is 0.807. The third-order valence-electron chi connectivity index (χ3n) is 5.23. The zero-order valence-electron chi connectivity index (χ0n) is 13.9. The summed E-state index contributed by atoms with van der Waals surface area (Å²) in [5.41, 5.74) is 1.52. The largest absolute Gasteiger partial charge is 0.378 e. The Balaban J connectivity index is 1.41. The van der Waals surface area contributed by atoms with Gasteiger partial charge in [0.2, 0.25) is 5.91 Å². The molecule has 0 aromatic carbocycles. The first kappa shape index (κ1) is 15.6. The number of morpholine rings is 1. The molecule has 1 aromatic rings. The predicted molar refractivity (Wildman–Crippen MR) is 86.5 cm³/mol. The number of imidazole rings is 1. The molecule has 2 amide bonds. The van der Waals surface area contributed by atoms with Gasteiger partial charge in [-0.2, -0.15) is 0 Å². The lowest BCUT2D eigenvalue weighted by Crippen LogP contribution is -2.41. The maximum Gasteiger partial charge on any atom is 0.274 e. The summed E-state index contributed by atoms with van der Waals surface area (Å²) >= 11 is 0. The van der Waals surface area contributed by atoms with Gasteiger partial charge < -0.3 is 19.5 Å². The maximum atomic E-state index is 12.6. The van der Waals surface area contributed by atoms with Gasteiger partial charge in [-0.3, -0.25) is 9.59 Å². The van der Waals surface area contributed by atoms with Crippen LogP contribution in [0.15, 0.2) is 6.33 Å². The lowest BCUT2D eigenvalue weighted by atomic mass is 9.96. The fraction of sp³-hybridized carbons (Fsp3) is 0.706. The number of ether oxygens (including phenoxy) is 1. The van der Waals surface area contributed by atoms with E-state index in [1.165, 1.54) is 12.8 Å². The summed E-state index contributed by atoms with van der Waals surface area (Å²) in [6.07, 6.45) is 5.70. The number of nitrogens with zero attached hydrogens (tertiary/aromatic N) is 3. The Morgan fingerprint density at radius 1 is 1.25 bits per heavy atom. The number of carbonyl (C=O) groups excluding carboxylic acids is 2. The highest BCUT2D eigenvalue weighted by Crippen LogP contribution is 2.28. The van der Waals surface area contributed by atoms with Crippen LogP contribution in [0.3, 0.4) is 0 Å². The Morgan fingerprint density at radius 3 is 2.79 bits per heavy atom. The molecule has 4 rings (SSSR count). The zero-order chi connectivity index (χ0) is 16.5. The number of carbonyl (C=O) groups is 2. The number of rotatable bonds is 4. The molecule has 7 nitrogen and oxygen atoms in total. The molecule has 1 atom stereocenters. The fourth-order valence-corrected chi connectivity index (χ4v) is 3.49. The van der Waals surface area contributed by atoms with Crippen LogP contribution in [0.4, 0.5) is 0 Å². The van der Waals surface area contributed by atoms with Gasteiger partial charge in [0.05, 0.1) is 31.2 Å². The molecule has 0 spiro atoms. The normalized spacial score (nSPS) is 23.7. The quantitative estimate of drug-likeness (QED) is 0.868. The van der Waals surface area contributed by atoms with Crippen LogP contribution in [0, 0.1) is 11.8 Å². The summed E-state index contributed by atoms with van der Waals surface area (Å²) < 4.78 is 7.29. The van der Waals surface area contributed by atoms with Crippen molar-refractivity contribution in [3.63, 3.8) is 0 Å². The number of nitrogens with one attached hydrogen (secondary N) is 1. The second-order valence-electron chi connectivity index (χ2n) is 7.02. The van der Waals surface area contributed by atoms with Gasteiger partial charge in [0.15, 0.2) is 0 Å². The molecule has 1 aliphatic carbocycles. The fourth-order valence-electron chi connectivity index (χ4n) is 3.49. The summed E-state index contributed by atoms with van der Waals surface area (Å²) in [7, 11) is 0. The third kappa shape index (κ3) is 3.17. The second kappa shape index (κ2) is 6.55. The van der Waals surface area contributed by atoms with Crippen LogP contribution in [0.1, 0.15) is 35.4 Å². The topological polar surface area (TPSA) is 76.5 Å². The van der Waals surface area contributed by atoms with Crippen LogP contribution in [-0.4, -0.2) is 59.1 Å². The minimum Gasteiger partial charge on any atom is -0.378 e. The molecule has 3 heterocycles. The molecule has 24 heavy (non-hydrogen) atoms. The van der Waals surface area contributed by atoms with Crippen molar-refractivity contribution in [3.05, 3.63) is 17.7 Å². The van der Waals surface area contributed by atoms with Crippen LogP contribution >= 0.6 is 0 Å². The Bertz CT molecular complexity index is 632. The molecule has 2 aliphatic heterocycles. The van der Waals surface area contributed by atoms with Crippen molar-refractivity contribution in [2.24, 2.45) is 11.8 Å². The number of amides is 2. The van der Waals surface area contributed by atoms with Crippen molar-refractivity contribution in [1.29, 1.82) is 0 Å². The standard InChI is InChI=1S/C17H24N4O3/c22-16(18-9-12-1-2-12)13-3-4-14-15(19-11-21(14)10-13)17(23)20-5-7-24-8-6-20/h11-13H,1-10H2,(H,18,22). The minimum atomic E-state index is -0.0169. The van der Waals surface area contributed by atoms with Gasteiger partial charge in [-0.15, -0.1) is 0 Å². The van der Waals surface area contributed by atoms with E-state index in [-0.39, 0.29) is 17.7 Å². The van der Waals surface area contributed by atoms with E-state index in [0.717, 1.165) is 25.1 Å². The van der Waals surface area contributed by atoms with Crippen LogP contribution in [0.25, 0.3) is 0 Å². The van der Waals surface area contributed by atoms with Crippen molar-refractivity contribution < 1.29 is 14.3 Å². The highest BCUT2D eigenvalue weighted by Gasteiger charge is 2.31. The van der Waals surface area contributed by atoms with E-state index in [9.17, 15) is 9.59 Å². The van der Waals surface area contributed by atoms with Gasteiger partial charge in [0, 0.05) is 26.2 Å². The highest BCUT2D eigenvalue weighted by molar-refractivity contribution is 5.93. The number of hydrogen-bond acceptors (Lipinski definition) is 4. The van der Waals surface area contributed by atoms with Crippen LogP contribution in [0.5, 0.6) is 0 Å². The molecule has 2 fully saturated rings. The van der Waals surface area contributed by atoms with Gasteiger partial charge in [-0.05, 0) is 31.6 Å². The van der Waals surface area contributed by atoms with Gasteiger partial charge >= 0.3 is 0 Å².